The summed E-state index contributed by atoms with van der Waals surface area (Å²) in [7, 11) is 0. The zero-order valence-electron chi connectivity index (χ0n) is 14.5. The van der Waals surface area contributed by atoms with Crippen molar-refractivity contribution in [2.75, 3.05) is 18.1 Å². The van der Waals surface area contributed by atoms with Gasteiger partial charge in [0, 0.05) is 25.1 Å². The van der Waals surface area contributed by atoms with Crippen molar-refractivity contribution in [1.29, 1.82) is 0 Å². The SMILES string of the molecule is O=C(NCC1CCCCC1)C1=C2OCCC(O)N2c2ccccc2C1. The lowest BCUT2D eigenvalue weighted by Crippen LogP contribution is -2.45. The van der Waals surface area contributed by atoms with Crippen molar-refractivity contribution in [3.8, 4) is 0 Å². The highest BCUT2D eigenvalue weighted by Crippen LogP contribution is 2.37. The summed E-state index contributed by atoms with van der Waals surface area (Å²) >= 11 is 0. The number of hydrogen-bond donors (Lipinski definition) is 2. The number of aliphatic hydroxyl groups is 1. The van der Waals surface area contributed by atoms with Gasteiger partial charge in [-0.25, -0.2) is 0 Å². The predicted octanol–water partition coefficient (Wildman–Crippen LogP) is 2.70. The van der Waals surface area contributed by atoms with Crippen LogP contribution in [-0.4, -0.2) is 30.4 Å². The van der Waals surface area contributed by atoms with E-state index in [0.717, 1.165) is 17.8 Å². The lowest BCUT2D eigenvalue weighted by molar-refractivity contribution is -0.118. The number of nitrogens with zero attached hydrogens (tertiary/aromatic N) is 1. The summed E-state index contributed by atoms with van der Waals surface area (Å²) in [6.07, 6.45) is 6.70. The van der Waals surface area contributed by atoms with Crippen LogP contribution >= 0.6 is 0 Å². The fourth-order valence-corrected chi connectivity index (χ4v) is 4.17. The monoisotopic (exact) mass is 342 g/mol. The number of amides is 1. The number of carbonyl (C=O) groups is 1. The Balaban J connectivity index is 1.55. The summed E-state index contributed by atoms with van der Waals surface area (Å²) in [6.45, 7) is 1.17. The second kappa shape index (κ2) is 7.08. The smallest absolute Gasteiger partial charge is 0.252 e. The highest BCUT2D eigenvalue weighted by atomic mass is 16.5. The number of anilines is 1. The van der Waals surface area contributed by atoms with E-state index in [1.165, 1.54) is 32.1 Å². The molecule has 0 aromatic heterocycles. The van der Waals surface area contributed by atoms with Crippen molar-refractivity contribution in [2.45, 2.75) is 51.2 Å². The van der Waals surface area contributed by atoms with Gasteiger partial charge in [0.15, 0.2) is 0 Å². The van der Waals surface area contributed by atoms with Crippen LogP contribution in [0.5, 0.6) is 0 Å². The van der Waals surface area contributed by atoms with Gasteiger partial charge in [-0.2, -0.15) is 0 Å². The molecule has 1 unspecified atom stereocenters. The van der Waals surface area contributed by atoms with E-state index >= 15 is 0 Å². The molecule has 1 aliphatic carbocycles. The van der Waals surface area contributed by atoms with Gasteiger partial charge in [0.2, 0.25) is 5.88 Å². The third kappa shape index (κ3) is 3.25. The van der Waals surface area contributed by atoms with E-state index in [2.05, 4.69) is 5.32 Å². The van der Waals surface area contributed by atoms with Crippen molar-refractivity contribution in [3.05, 3.63) is 41.3 Å². The van der Waals surface area contributed by atoms with E-state index in [0.29, 0.717) is 36.8 Å². The minimum Gasteiger partial charge on any atom is -0.478 e. The molecule has 5 nitrogen and oxygen atoms in total. The van der Waals surface area contributed by atoms with Crippen molar-refractivity contribution < 1.29 is 14.6 Å². The number of rotatable bonds is 3. The lowest BCUT2D eigenvalue weighted by atomic mass is 9.89. The van der Waals surface area contributed by atoms with Gasteiger partial charge < -0.3 is 15.2 Å². The van der Waals surface area contributed by atoms with Gasteiger partial charge in [0.1, 0.15) is 6.23 Å². The van der Waals surface area contributed by atoms with E-state index in [1.54, 1.807) is 4.90 Å². The Morgan fingerprint density at radius 1 is 1.20 bits per heavy atom. The Morgan fingerprint density at radius 3 is 2.84 bits per heavy atom. The van der Waals surface area contributed by atoms with Crippen LogP contribution in [0.25, 0.3) is 0 Å². The number of hydrogen-bond acceptors (Lipinski definition) is 4. The van der Waals surface area contributed by atoms with Gasteiger partial charge >= 0.3 is 0 Å². The van der Waals surface area contributed by atoms with E-state index in [9.17, 15) is 9.90 Å². The third-order valence-electron chi connectivity index (χ3n) is 5.56. The molecule has 0 spiro atoms. The molecule has 1 aromatic carbocycles. The molecule has 3 aliphatic rings. The molecule has 2 heterocycles. The number of benzene rings is 1. The molecule has 4 rings (SSSR count). The molecule has 0 radical (unpaired) electrons. The van der Waals surface area contributed by atoms with Gasteiger partial charge in [0.25, 0.3) is 5.91 Å². The molecular formula is C20H26N2O3. The van der Waals surface area contributed by atoms with Crippen LogP contribution < -0.4 is 10.2 Å². The summed E-state index contributed by atoms with van der Waals surface area (Å²) < 4.78 is 5.82. The second-order valence-corrected chi connectivity index (χ2v) is 7.29. The van der Waals surface area contributed by atoms with E-state index in [1.807, 2.05) is 24.3 Å². The summed E-state index contributed by atoms with van der Waals surface area (Å²) in [6, 6.07) is 7.91. The van der Waals surface area contributed by atoms with Crippen LogP contribution in [0.15, 0.2) is 35.7 Å². The molecule has 1 amide bonds. The maximum Gasteiger partial charge on any atom is 0.252 e. The molecule has 1 aromatic rings. The Kier molecular flexibility index (Phi) is 4.66. The maximum absolute atomic E-state index is 12.9. The van der Waals surface area contributed by atoms with Crippen molar-refractivity contribution >= 4 is 11.6 Å². The van der Waals surface area contributed by atoms with E-state index in [-0.39, 0.29) is 5.91 Å². The molecule has 2 aliphatic heterocycles. The first-order valence-corrected chi connectivity index (χ1v) is 9.43. The van der Waals surface area contributed by atoms with Crippen LogP contribution in [0.4, 0.5) is 5.69 Å². The first-order valence-electron chi connectivity index (χ1n) is 9.43. The minimum absolute atomic E-state index is 0.0609. The summed E-state index contributed by atoms with van der Waals surface area (Å²) in [5.41, 5.74) is 2.63. The van der Waals surface area contributed by atoms with Crippen molar-refractivity contribution in [1.82, 2.24) is 5.32 Å². The fourth-order valence-electron chi connectivity index (χ4n) is 4.17. The van der Waals surface area contributed by atoms with Crippen LogP contribution in [0.2, 0.25) is 0 Å². The highest BCUT2D eigenvalue weighted by molar-refractivity contribution is 5.96. The van der Waals surface area contributed by atoms with Gasteiger partial charge in [-0.15, -0.1) is 0 Å². The highest BCUT2D eigenvalue weighted by Gasteiger charge is 2.36. The predicted molar refractivity (Wildman–Crippen MR) is 95.8 cm³/mol. The molecule has 1 atom stereocenters. The zero-order chi connectivity index (χ0) is 17.2. The maximum atomic E-state index is 12.9. The standard InChI is InChI=1S/C20H26N2O3/c23-18-10-11-25-20-16(12-15-8-4-5-9-17(15)22(18)20)19(24)21-13-14-6-2-1-3-7-14/h4-5,8-9,14,18,23H,1-3,6-7,10-13H2,(H,21,24). The summed E-state index contributed by atoms with van der Waals surface area (Å²) in [4.78, 5) is 14.6. The zero-order valence-corrected chi connectivity index (χ0v) is 14.5. The van der Waals surface area contributed by atoms with Gasteiger partial charge in [-0.3, -0.25) is 9.69 Å². The number of nitrogens with one attached hydrogen (secondary N) is 1. The third-order valence-corrected chi connectivity index (χ3v) is 5.56. The molecule has 0 bridgehead atoms. The second-order valence-electron chi connectivity index (χ2n) is 7.29. The van der Waals surface area contributed by atoms with Crippen molar-refractivity contribution in [2.24, 2.45) is 5.92 Å². The Hall–Kier alpha value is -2.01. The molecule has 2 fully saturated rings. The van der Waals surface area contributed by atoms with Crippen LogP contribution in [0.1, 0.15) is 44.1 Å². The Morgan fingerprint density at radius 2 is 2.00 bits per heavy atom. The van der Waals surface area contributed by atoms with Gasteiger partial charge in [-0.05, 0) is 30.4 Å². The molecule has 2 N–H and O–H groups in total. The number of para-hydroxylation sites is 1. The van der Waals surface area contributed by atoms with Gasteiger partial charge in [-0.1, -0.05) is 37.5 Å². The molecule has 1 saturated carbocycles. The van der Waals surface area contributed by atoms with Gasteiger partial charge in [0.05, 0.1) is 12.2 Å². The topological polar surface area (TPSA) is 61.8 Å². The average molecular weight is 342 g/mol. The molecule has 134 valence electrons. The number of carbonyl (C=O) groups excluding carboxylic acids is 1. The first-order chi connectivity index (χ1) is 12.2. The molecule has 25 heavy (non-hydrogen) atoms. The van der Waals surface area contributed by atoms with Crippen LogP contribution in [0.3, 0.4) is 0 Å². The fraction of sp³-hybridized carbons (Fsp3) is 0.550. The summed E-state index contributed by atoms with van der Waals surface area (Å²) in [5, 5.41) is 13.6. The number of fused-ring (bicyclic) bond motifs is 3. The summed E-state index contributed by atoms with van der Waals surface area (Å²) in [5.74, 6) is 1.06. The number of ether oxygens (including phenoxy) is 1. The minimum atomic E-state index is -0.647. The average Bonchev–Trinajstić information content (AvgIpc) is 2.66. The molecular weight excluding hydrogens is 316 g/mol. The van der Waals surface area contributed by atoms with E-state index < -0.39 is 6.23 Å². The van der Waals surface area contributed by atoms with E-state index in [4.69, 9.17) is 4.74 Å². The molecule has 1 saturated heterocycles. The first kappa shape index (κ1) is 16.5. The quantitative estimate of drug-likeness (QED) is 0.887. The van der Waals surface area contributed by atoms with Crippen LogP contribution in [-0.2, 0) is 16.0 Å². The number of aliphatic hydroxyl groups excluding tert-OH is 1. The molecule has 5 heteroatoms. The van der Waals surface area contributed by atoms with Crippen LogP contribution in [0, 0.1) is 5.92 Å². The normalized spacial score (nSPS) is 23.6. The Bertz CT molecular complexity index is 679. The Labute approximate surface area is 148 Å². The lowest BCUT2D eigenvalue weighted by Gasteiger charge is -2.40. The largest absolute Gasteiger partial charge is 0.478 e. The van der Waals surface area contributed by atoms with Crippen molar-refractivity contribution in [3.63, 3.8) is 0 Å².